The normalized spacial score (nSPS) is 11.3. The van der Waals surface area contributed by atoms with Crippen molar-refractivity contribution in [3.05, 3.63) is 35.4 Å². The lowest BCUT2D eigenvalue weighted by Crippen LogP contribution is -2.11. The topological polar surface area (TPSA) is 97.4 Å². The Bertz CT molecular complexity index is 1060. The maximum Gasteiger partial charge on any atom is 0.308 e. The van der Waals surface area contributed by atoms with E-state index < -0.39 is 24.0 Å². The quantitative estimate of drug-likeness (QED) is 0.329. The van der Waals surface area contributed by atoms with Crippen LogP contribution in [0.1, 0.15) is 52.7 Å². The van der Waals surface area contributed by atoms with Gasteiger partial charge in [0.1, 0.15) is 29.1 Å². The minimum Gasteiger partial charge on any atom is -0.496 e. The third-order valence-corrected chi connectivity index (χ3v) is 4.48. The first kappa shape index (κ1) is 24.7. The molecule has 2 aromatic carbocycles. The van der Waals surface area contributed by atoms with E-state index in [4.69, 9.17) is 23.7 Å². The molecule has 0 aliphatic carbocycles. The second-order valence-electron chi connectivity index (χ2n) is 7.32. The Morgan fingerprint density at radius 2 is 1.38 bits per heavy atom. The molecule has 8 heteroatoms. The summed E-state index contributed by atoms with van der Waals surface area (Å²) in [5.74, 6) is -0.512. The molecule has 0 spiro atoms. The van der Waals surface area contributed by atoms with Crippen LogP contribution in [0.4, 0.5) is 0 Å². The van der Waals surface area contributed by atoms with E-state index >= 15 is 0 Å². The van der Waals surface area contributed by atoms with Crippen LogP contribution < -0.4 is 18.9 Å². The lowest BCUT2D eigenvalue weighted by atomic mass is 9.97. The van der Waals surface area contributed by atoms with E-state index in [0.29, 0.717) is 34.3 Å². The first-order valence-corrected chi connectivity index (χ1v) is 9.98. The van der Waals surface area contributed by atoms with Gasteiger partial charge >= 0.3 is 17.9 Å². The first-order valence-electron chi connectivity index (χ1n) is 9.98. The molecule has 0 aliphatic heterocycles. The number of benzene rings is 2. The number of allylic oxidation sites excluding steroid dienone is 1. The Morgan fingerprint density at radius 1 is 0.812 bits per heavy atom. The summed E-state index contributed by atoms with van der Waals surface area (Å²) in [6.45, 7) is 7.75. The fourth-order valence-corrected chi connectivity index (χ4v) is 3.34. The van der Waals surface area contributed by atoms with Crippen LogP contribution in [0.25, 0.3) is 10.8 Å². The second-order valence-corrected chi connectivity index (χ2v) is 7.32. The van der Waals surface area contributed by atoms with E-state index in [-0.39, 0.29) is 11.5 Å². The summed E-state index contributed by atoms with van der Waals surface area (Å²) in [5.41, 5.74) is 1.56. The molecule has 0 fully saturated rings. The summed E-state index contributed by atoms with van der Waals surface area (Å²) < 4.78 is 27.7. The predicted octanol–water partition coefficient (Wildman–Crippen LogP) is 4.67. The molecule has 0 unspecified atom stereocenters. The van der Waals surface area contributed by atoms with Gasteiger partial charge in [0.2, 0.25) is 0 Å². The highest BCUT2D eigenvalue weighted by Crippen LogP contribution is 2.49. The van der Waals surface area contributed by atoms with Gasteiger partial charge in [0, 0.05) is 32.8 Å². The average molecular weight is 444 g/mol. The molecule has 8 nitrogen and oxygen atoms in total. The van der Waals surface area contributed by atoms with Crippen LogP contribution in [-0.2, 0) is 19.1 Å². The molecular weight excluding hydrogens is 416 g/mol. The Balaban J connectivity index is 2.96. The number of hydrogen-bond donors (Lipinski definition) is 0. The van der Waals surface area contributed by atoms with Crippen LogP contribution in [0.2, 0.25) is 0 Å². The number of hydrogen-bond acceptors (Lipinski definition) is 8. The molecule has 0 heterocycles. The maximum atomic E-state index is 11.8. The zero-order valence-electron chi connectivity index (χ0n) is 19.4. The van der Waals surface area contributed by atoms with Gasteiger partial charge in [0.15, 0.2) is 0 Å². The highest BCUT2D eigenvalue weighted by Gasteiger charge is 2.27. The van der Waals surface area contributed by atoms with Crippen molar-refractivity contribution in [1.29, 1.82) is 0 Å². The number of ether oxygens (including phenoxy) is 5. The third kappa shape index (κ3) is 5.78. The summed E-state index contributed by atoms with van der Waals surface area (Å²) in [4.78, 5) is 35.3. The molecule has 0 radical (unpaired) electrons. The van der Waals surface area contributed by atoms with Gasteiger partial charge in [-0.2, -0.15) is 0 Å². The zero-order chi connectivity index (χ0) is 24.0. The van der Waals surface area contributed by atoms with E-state index in [1.54, 1.807) is 6.07 Å². The Hall–Kier alpha value is -3.55. The van der Waals surface area contributed by atoms with Crippen LogP contribution in [-0.4, -0.2) is 32.1 Å². The molecule has 0 saturated carbocycles. The summed E-state index contributed by atoms with van der Waals surface area (Å²) in [7, 11) is 2.91. The van der Waals surface area contributed by atoms with Crippen molar-refractivity contribution >= 4 is 28.7 Å². The smallest absolute Gasteiger partial charge is 0.308 e. The molecule has 1 atom stereocenters. The number of fused-ring (bicyclic) bond motifs is 1. The molecule has 0 aliphatic rings. The van der Waals surface area contributed by atoms with Gasteiger partial charge in [-0.1, -0.05) is 11.6 Å². The number of carbonyl (C=O) groups is 3. The number of methoxy groups -OCH3 is 2. The van der Waals surface area contributed by atoms with Gasteiger partial charge in [0.05, 0.1) is 25.0 Å². The van der Waals surface area contributed by atoms with Crippen molar-refractivity contribution in [2.75, 3.05) is 14.2 Å². The first-order chi connectivity index (χ1) is 15.1. The molecule has 0 N–H and O–H groups in total. The lowest BCUT2D eigenvalue weighted by molar-refractivity contribution is -0.146. The number of rotatable bonds is 8. The molecule has 2 rings (SSSR count). The monoisotopic (exact) mass is 444 g/mol. The standard InChI is InChI=1S/C24H28O8/c1-13(2)8-9-18(30-14(3)25)17-12-21(28-6)22-19(31-15(4)26)10-11-20(32-16(5)27)23(22)24(17)29-7/h8,10-12,18H,9H2,1-7H3/t18-/m1/s1. The van der Waals surface area contributed by atoms with Gasteiger partial charge in [-0.15, -0.1) is 0 Å². The summed E-state index contributed by atoms with van der Waals surface area (Å²) in [5, 5.41) is 0.732. The molecular formula is C24H28O8. The van der Waals surface area contributed by atoms with Crippen LogP contribution in [0.15, 0.2) is 29.8 Å². The number of esters is 3. The molecule has 0 aromatic heterocycles. The van der Waals surface area contributed by atoms with Crippen molar-refractivity contribution in [1.82, 2.24) is 0 Å². The van der Waals surface area contributed by atoms with Crippen LogP contribution >= 0.6 is 0 Å². The van der Waals surface area contributed by atoms with E-state index in [9.17, 15) is 14.4 Å². The minimum absolute atomic E-state index is 0.184. The maximum absolute atomic E-state index is 11.8. The fourth-order valence-electron chi connectivity index (χ4n) is 3.34. The van der Waals surface area contributed by atoms with Gasteiger partial charge in [0.25, 0.3) is 0 Å². The van der Waals surface area contributed by atoms with Gasteiger partial charge in [-0.05, 0) is 32.0 Å². The Kier molecular flexibility index (Phi) is 8.23. The minimum atomic E-state index is -0.696. The van der Waals surface area contributed by atoms with E-state index in [0.717, 1.165) is 5.57 Å². The van der Waals surface area contributed by atoms with Gasteiger partial charge in [-0.3, -0.25) is 14.4 Å². The fraction of sp³-hybridized carbons (Fsp3) is 0.375. The highest BCUT2D eigenvalue weighted by atomic mass is 16.6. The average Bonchev–Trinajstić information content (AvgIpc) is 2.70. The lowest BCUT2D eigenvalue weighted by Gasteiger charge is -2.23. The number of carbonyl (C=O) groups excluding carboxylic acids is 3. The Labute approximate surface area is 187 Å². The van der Waals surface area contributed by atoms with Crippen molar-refractivity contribution in [2.45, 2.75) is 47.1 Å². The summed E-state index contributed by atoms with van der Waals surface area (Å²) >= 11 is 0. The Morgan fingerprint density at radius 3 is 1.81 bits per heavy atom. The summed E-state index contributed by atoms with van der Waals surface area (Å²) in [6.07, 6.45) is 1.63. The van der Waals surface area contributed by atoms with Crippen LogP contribution in [0.5, 0.6) is 23.0 Å². The van der Waals surface area contributed by atoms with E-state index in [1.165, 1.54) is 47.1 Å². The molecule has 2 aromatic rings. The molecule has 0 bridgehead atoms. The van der Waals surface area contributed by atoms with Crippen LogP contribution in [0.3, 0.4) is 0 Å². The van der Waals surface area contributed by atoms with E-state index in [2.05, 4.69) is 0 Å². The molecule has 172 valence electrons. The zero-order valence-corrected chi connectivity index (χ0v) is 19.4. The second kappa shape index (κ2) is 10.7. The largest absolute Gasteiger partial charge is 0.496 e. The van der Waals surface area contributed by atoms with Crippen molar-refractivity contribution in [3.63, 3.8) is 0 Å². The van der Waals surface area contributed by atoms with Gasteiger partial charge in [-0.25, -0.2) is 0 Å². The molecule has 0 amide bonds. The highest BCUT2D eigenvalue weighted by molar-refractivity contribution is 6.04. The predicted molar refractivity (Wildman–Crippen MR) is 118 cm³/mol. The van der Waals surface area contributed by atoms with Crippen molar-refractivity contribution < 1.29 is 38.1 Å². The molecule has 0 saturated heterocycles. The molecule has 32 heavy (non-hydrogen) atoms. The third-order valence-electron chi connectivity index (χ3n) is 4.48. The van der Waals surface area contributed by atoms with Crippen molar-refractivity contribution in [2.24, 2.45) is 0 Å². The summed E-state index contributed by atoms with van der Waals surface area (Å²) in [6, 6.07) is 4.68. The van der Waals surface area contributed by atoms with Gasteiger partial charge < -0.3 is 23.7 Å². The van der Waals surface area contributed by atoms with Crippen LogP contribution in [0, 0.1) is 0 Å². The van der Waals surface area contributed by atoms with E-state index in [1.807, 2.05) is 19.9 Å². The SMILES string of the molecule is COc1cc([C@@H](CC=C(C)C)OC(C)=O)c(OC)c2c(OC(C)=O)ccc(OC(C)=O)c12. The van der Waals surface area contributed by atoms with Crippen molar-refractivity contribution in [3.8, 4) is 23.0 Å².